The number of rotatable bonds is 3. The summed E-state index contributed by atoms with van der Waals surface area (Å²) in [6.07, 6.45) is 5.77. The third-order valence-corrected chi connectivity index (χ3v) is 4.82. The zero-order valence-corrected chi connectivity index (χ0v) is 13.1. The Morgan fingerprint density at radius 3 is 2.74 bits per heavy atom. The molecular weight excluding hydrogens is 236 g/mol. The molecular formula is C16H32N2O. The van der Waals surface area contributed by atoms with E-state index in [1.165, 1.54) is 45.3 Å². The summed E-state index contributed by atoms with van der Waals surface area (Å²) in [5.41, 5.74) is 0.479. The molecule has 19 heavy (non-hydrogen) atoms. The highest BCUT2D eigenvalue weighted by Gasteiger charge is 2.27. The molecule has 0 amide bonds. The van der Waals surface area contributed by atoms with Crippen molar-refractivity contribution < 1.29 is 4.74 Å². The van der Waals surface area contributed by atoms with Gasteiger partial charge in [0.1, 0.15) is 0 Å². The van der Waals surface area contributed by atoms with E-state index in [4.69, 9.17) is 4.74 Å². The highest BCUT2D eigenvalue weighted by atomic mass is 16.5. The second-order valence-electron chi connectivity index (χ2n) is 7.32. The number of nitrogens with zero attached hydrogens (tertiary/aromatic N) is 1. The third-order valence-electron chi connectivity index (χ3n) is 4.82. The van der Waals surface area contributed by atoms with Crippen LogP contribution in [0.4, 0.5) is 0 Å². The predicted molar refractivity (Wildman–Crippen MR) is 80.5 cm³/mol. The Labute approximate surface area is 119 Å². The first-order valence-electron chi connectivity index (χ1n) is 8.10. The lowest BCUT2D eigenvalue weighted by Gasteiger charge is -2.30. The maximum Gasteiger partial charge on any atom is 0.0712 e. The van der Waals surface area contributed by atoms with E-state index in [2.05, 4.69) is 31.0 Å². The van der Waals surface area contributed by atoms with Gasteiger partial charge >= 0.3 is 0 Å². The Kier molecular flexibility index (Phi) is 5.67. The van der Waals surface area contributed by atoms with Crippen molar-refractivity contribution in [3.8, 4) is 0 Å². The van der Waals surface area contributed by atoms with Gasteiger partial charge < -0.3 is 15.0 Å². The molecule has 2 aliphatic heterocycles. The summed E-state index contributed by atoms with van der Waals surface area (Å²) >= 11 is 0. The molecule has 2 atom stereocenters. The number of likely N-dealkylation sites (tertiary alicyclic amines) is 1. The molecule has 2 saturated heterocycles. The number of ether oxygens (including phenoxy) is 1. The topological polar surface area (TPSA) is 24.5 Å². The Balaban J connectivity index is 1.70. The summed E-state index contributed by atoms with van der Waals surface area (Å²) in [7, 11) is 0. The van der Waals surface area contributed by atoms with Crippen LogP contribution < -0.4 is 5.32 Å². The van der Waals surface area contributed by atoms with E-state index < -0.39 is 0 Å². The molecule has 2 unspecified atom stereocenters. The summed E-state index contributed by atoms with van der Waals surface area (Å²) < 4.78 is 5.79. The summed E-state index contributed by atoms with van der Waals surface area (Å²) in [4.78, 5) is 2.66. The zero-order valence-electron chi connectivity index (χ0n) is 13.1. The second kappa shape index (κ2) is 7.05. The Morgan fingerprint density at radius 2 is 2.05 bits per heavy atom. The van der Waals surface area contributed by atoms with Crippen LogP contribution in [-0.2, 0) is 4.74 Å². The number of nitrogens with one attached hydrogen (secondary N) is 1. The lowest BCUT2D eigenvalue weighted by Crippen LogP contribution is -2.40. The van der Waals surface area contributed by atoms with Gasteiger partial charge in [0.15, 0.2) is 0 Å². The molecule has 1 N–H and O–H groups in total. The number of hydrogen-bond acceptors (Lipinski definition) is 3. The quantitative estimate of drug-likeness (QED) is 0.851. The first-order valence-corrected chi connectivity index (χ1v) is 8.10. The van der Waals surface area contributed by atoms with Crippen molar-refractivity contribution in [2.45, 2.75) is 52.6 Å². The fraction of sp³-hybridized carbons (Fsp3) is 1.00. The molecule has 2 rings (SSSR count). The molecule has 3 nitrogen and oxygen atoms in total. The fourth-order valence-corrected chi connectivity index (χ4v) is 3.38. The molecule has 112 valence electrons. The van der Waals surface area contributed by atoms with E-state index in [1.54, 1.807) is 0 Å². The van der Waals surface area contributed by atoms with Crippen molar-refractivity contribution in [1.82, 2.24) is 10.2 Å². The highest BCUT2D eigenvalue weighted by molar-refractivity contribution is 4.79. The summed E-state index contributed by atoms with van der Waals surface area (Å²) in [5, 5.41) is 3.42. The minimum absolute atomic E-state index is 0.440. The maximum atomic E-state index is 5.79. The van der Waals surface area contributed by atoms with Gasteiger partial charge in [-0.25, -0.2) is 0 Å². The molecule has 0 radical (unpaired) electrons. The SMILES string of the molecule is CC(C)(C)C1CCCN(CCC2CNCCO2)CC1. The molecule has 0 saturated carbocycles. The predicted octanol–water partition coefficient (Wildman–Crippen LogP) is 2.51. The summed E-state index contributed by atoms with van der Waals surface area (Å²) in [6.45, 7) is 13.9. The van der Waals surface area contributed by atoms with Gasteiger partial charge in [-0.2, -0.15) is 0 Å². The molecule has 0 aromatic heterocycles. The van der Waals surface area contributed by atoms with E-state index in [9.17, 15) is 0 Å². The van der Waals surface area contributed by atoms with E-state index >= 15 is 0 Å². The van der Waals surface area contributed by atoms with Gasteiger partial charge in [-0.1, -0.05) is 20.8 Å². The lowest BCUT2D eigenvalue weighted by atomic mass is 9.77. The molecule has 2 aliphatic rings. The molecule has 2 fully saturated rings. The molecule has 2 heterocycles. The van der Waals surface area contributed by atoms with Crippen molar-refractivity contribution in [2.24, 2.45) is 11.3 Å². The van der Waals surface area contributed by atoms with Gasteiger partial charge in [-0.05, 0) is 50.1 Å². The van der Waals surface area contributed by atoms with Gasteiger partial charge in [-0.15, -0.1) is 0 Å². The van der Waals surface area contributed by atoms with Crippen molar-refractivity contribution >= 4 is 0 Å². The highest BCUT2D eigenvalue weighted by Crippen LogP contribution is 2.34. The average molecular weight is 268 g/mol. The minimum atomic E-state index is 0.440. The average Bonchev–Trinajstić information content (AvgIpc) is 2.62. The molecule has 0 aromatic rings. The van der Waals surface area contributed by atoms with Gasteiger partial charge in [-0.3, -0.25) is 0 Å². The molecule has 0 bridgehead atoms. The van der Waals surface area contributed by atoms with Crippen molar-refractivity contribution in [3.63, 3.8) is 0 Å². The van der Waals surface area contributed by atoms with Gasteiger partial charge in [0.25, 0.3) is 0 Å². The van der Waals surface area contributed by atoms with Crippen LogP contribution in [0.2, 0.25) is 0 Å². The molecule has 0 aliphatic carbocycles. The van der Waals surface area contributed by atoms with E-state index in [0.29, 0.717) is 11.5 Å². The molecule has 3 heteroatoms. The Morgan fingerprint density at radius 1 is 1.21 bits per heavy atom. The minimum Gasteiger partial charge on any atom is -0.376 e. The van der Waals surface area contributed by atoms with Gasteiger partial charge in [0.2, 0.25) is 0 Å². The number of hydrogen-bond donors (Lipinski definition) is 1. The van der Waals surface area contributed by atoms with Gasteiger partial charge in [0, 0.05) is 19.6 Å². The lowest BCUT2D eigenvalue weighted by molar-refractivity contribution is 0.0174. The van der Waals surface area contributed by atoms with Crippen LogP contribution in [0.15, 0.2) is 0 Å². The zero-order chi connectivity index (χ0) is 13.7. The third kappa shape index (κ3) is 5.05. The van der Waals surface area contributed by atoms with E-state index in [-0.39, 0.29) is 0 Å². The Bertz CT molecular complexity index is 256. The first kappa shape index (κ1) is 15.3. The second-order valence-corrected chi connectivity index (χ2v) is 7.32. The largest absolute Gasteiger partial charge is 0.376 e. The van der Waals surface area contributed by atoms with Crippen molar-refractivity contribution in [1.29, 1.82) is 0 Å². The van der Waals surface area contributed by atoms with Crippen molar-refractivity contribution in [2.75, 3.05) is 39.3 Å². The van der Waals surface area contributed by atoms with Crippen LogP contribution in [0.1, 0.15) is 46.5 Å². The van der Waals surface area contributed by atoms with Gasteiger partial charge in [0.05, 0.1) is 12.7 Å². The van der Waals surface area contributed by atoms with Crippen LogP contribution in [-0.4, -0.2) is 50.3 Å². The molecule has 0 spiro atoms. The smallest absolute Gasteiger partial charge is 0.0712 e. The molecule has 0 aromatic carbocycles. The fourth-order valence-electron chi connectivity index (χ4n) is 3.38. The van der Waals surface area contributed by atoms with Crippen LogP contribution in [0.3, 0.4) is 0 Å². The standard InChI is InChI=1S/C16H32N2O/c1-16(2,3)14-5-4-9-18(10-6-14)11-7-15-13-17-8-12-19-15/h14-15,17H,4-13H2,1-3H3. The van der Waals surface area contributed by atoms with Crippen LogP contribution in [0.5, 0.6) is 0 Å². The summed E-state index contributed by atoms with van der Waals surface area (Å²) in [6, 6.07) is 0. The van der Waals surface area contributed by atoms with Crippen molar-refractivity contribution in [3.05, 3.63) is 0 Å². The van der Waals surface area contributed by atoms with E-state index in [1.807, 2.05) is 0 Å². The van der Waals surface area contributed by atoms with Crippen LogP contribution in [0, 0.1) is 11.3 Å². The van der Waals surface area contributed by atoms with Crippen LogP contribution >= 0.6 is 0 Å². The van der Waals surface area contributed by atoms with E-state index in [0.717, 1.165) is 25.6 Å². The monoisotopic (exact) mass is 268 g/mol. The number of morpholine rings is 1. The first-order chi connectivity index (χ1) is 9.05. The Hall–Kier alpha value is -0.120. The van der Waals surface area contributed by atoms with Crippen LogP contribution in [0.25, 0.3) is 0 Å². The summed E-state index contributed by atoms with van der Waals surface area (Å²) in [5.74, 6) is 0.894. The normalized spacial score (nSPS) is 31.1. The maximum absolute atomic E-state index is 5.79.